The Morgan fingerprint density at radius 1 is 1.39 bits per heavy atom. The summed E-state index contributed by atoms with van der Waals surface area (Å²) in [5, 5.41) is 19.9. The molecule has 128 valence electrons. The zero-order valence-electron chi connectivity index (χ0n) is 13.0. The van der Waals surface area contributed by atoms with Gasteiger partial charge in [0.1, 0.15) is 18.3 Å². The Hall–Kier alpha value is -1.48. The number of aryl methyl sites for hydroxylation is 1. The van der Waals surface area contributed by atoms with Gasteiger partial charge in [-0.15, -0.1) is 0 Å². The van der Waals surface area contributed by atoms with Gasteiger partial charge in [0.15, 0.2) is 0 Å². The molecule has 2 saturated heterocycles. The lowest BCUT2D eigenvalue weighted by Gasteiger charge is -2.46. The van der Waals surface area contributed by atoms with E-state index in [0.29, 0.717) is 18.6 Å². The van der Waals surface area contributed by atoms with Crippen molar-refractivity contribution in [2.75, 3.05) is 13.2 Å². The number of aromatic amines is 1. The lowest BCUT2D eigenvalue weighted by atomic mass is 9.88. The van der Waals surface area contributed by atoms with Crippen LogP contribution in [0.5, 0.6) is 0 Å². The van der Waals surface area contributed by atoms with Crippen molar-refractivity contribution in [3.8, 4) is 0 Å². The van der Waals surface area contributed by atoms with E-state index in [9.17, 15) is 19.8 Å². The van der Waals surface area contributed by atoms with Crippen molar-refractivity contribution >= 4 is 0 Å². The van der Waals surface area contributed by atoms with Crippen molar-refractivity contribution in [1.29, 1.82) is 0 Å². The first-order valence-corrected chi connectivity index (χ1v) is 7.91. The third-order valence-corrected chi connectivity index (χ3v) is 4.62. The number of rotatable bonds is 2. The van der Waals surface area contributed by atoms with Crippen LogP contribution in [0, 0.1) is 6.92 Å². The predicted octanol–water partition coefficient (Wildman–Crippen LogP) is -0.924. The third kappa shape index (κ3) is 2.99. The van der Waals surface area contributed by atoms with Gasteiger partial charge >= 0.3 is 5.69 Å². The Morgan fingerprint density at radius 3 is 2.91 bits per heavy atom. The van der Waals surface area contributed by atoms with Gasteiger partial charge in [-0.1, -0.05) is 0 Å². The van der Waals surface area contributed by atoms with Crippen LogP contribution in [0.1, 0.15) is 30.9 Å². The van der Waals surface area contributed by atoms with Crippen LogP contribution < -0.4 is 11.2 Å². The molecule has 1 aromatic heterocycles. The van der Waals surface area contributed by atoms with Gasteiger partial charge in [-0.2, -0.15) is 0 Å². The smallest absolute Gasteiger partial charge is 0.328 e. The van der Waals surface area contributed by atoms with E-state index >= 15 is 0 Å². The number of nitrogens with one attached hydrogen (secondary N) is 1. The molecule has 0 aromatic carbocycles. The number of nitrogens with zero attached hydrogens (tertiary/aromatic N) is 1. The summed E-state index contributed by atoms with van der Waals surface area (Å²) in [4.78, 5) is 26.1. The highest BCUT2D eigenvalue weighted by Crippen LogP contribution is 2.35. The summed E-state index contributed by atoms with van der Waals surface area (Å²) in [6, 6.07) is -0.545. The van der Waals surface area contributed by atoms with Crippen LogP contribution in [-0.2, 0) is 9.47 Å². The Kier molecular flexibility index (Phi) is 4.67. The van der Waals surface area contributed by atoms with E-state index in [1.54, 1.807) is 6.92 Å². The summed E-state index contributed by atoms with van der Waals surface area (Å²) >= 11 is 0. The number of aliphatic hydroxyl groups excluding tert-OH is 2. The van der Waals surface area contributed by atoms with E-state index in [1.807, 2.05) is 0 Å². The molecule has 0 aliphatic carbocycles. The highest BCUT2D eigenvalue weighted by Gasteiger charge is 2.47. The predicted molar refractivity (Wildman–Crippen MR) is 80.4 cm³/mol. The molecule has 8 nitrogen and oxygen atoms in total. The number of aromatic nitrogens is 2. The highest BCUT2D eigenvalue weighted by atomic mass is 16.6. The Morgan fingerprint density at radius 2 is 2.17 bits per heavy atom. The lowest BCUT2D eigenvalue weighted by molar-refractivity contribution is -0.224. The number of hydrogen-bond acceptors (Lipinski definition) is 6. The fraction of sp³-hybridized carbons (Fsp3) is 0.733. The molecular formula is C15H22N2O6. The summed E-state index contributed by atoms with van der Waals surface area (Å²) in [5.41, 5.74) is -0.584. The van der Waals surface area contributed by atoms with E-state index in [4.69, 9.17) is 9.47 Å². The molecule has 23 heavy (non-hydrogen) atoms. The summed E-state index contributed by atoms with van der Waals surface area (Å²) in [6.45, 7) is 1.77. The second kappa shape index (κ2) is 6.56. The van der Waals surface area contributed by atoms with Crippen molar-refractivity contribution in [3.63, 3.8) is 0 Å². The molecule has 0 spiro atoms. The molecule has 8 heteroatoms. The maximum atomic E-state index is 12.2. The summed E-state index contributed by atoms with van der Waals surface area (Å²) in [5.74, 6) is 0. The van der Waals surface area contributed by atoms with Crippen molar-refractivity contribution in [1.82, 2.24) is 9.55 Å². The second-order valence-corrected chi connectivity index (χ2v) is 6.19. The fourth-order valence-electron chi connectivity index (χ4n) is 3.41. The molecule has 3 N–H and O–H groups in total. The average Bonchev–Trinajstić information content (AvgIpc) is 2.51. The molecule has 2 bridgehead atoms. The molecular weight excluding hydrogens is 304 g/mol. The molecule has 2 aliphatic heterocycles. The summed E-state index contributed by atoms with van der Waals surface area (Å²) in [7, 11) is 0. The van der Waals surface area contributed by atoms with Crippen LogP contribution in [0.3, 0.4) is 0 Å². The van der Waals surface area contributed by atoms with Crippen LogP contribution in [0.15, 0.2) is 15.8 Å². The molecule has 3 heterocycles. The van der Waals surface area contributed by atoms with Gasteiger partial charge in [0.2, 0.25) is 0 Å². The Bertz CT molecular complexity index is 669. The first-order chi connectivity index (χ1) is 11.0. The highest BCUT2D eigenvalue weighted by molar-refractivity contribution is 5.05. The summed E-state index contributed by atoms with van der Waals surface area (Å²) < 4.78 is 13.0. The number of ether oxygens (including phenoxy) is 2. The van der Waals surface area contributed by atoms with E-state index < -0.39 is 35.6 Å². The van der Waals surface area contributed by atoms with Gasteiger partial charge in [-0.3, -0.25) is 14.3 Å². The molecule has 2 aliphatic rings. The van der Waals surface area contributed by atoms with Crippen LogP contribution >= 0.6 is 0 Å². The van der Waals surface area contributed by atoms with Crippen LogP contribution in [-0.4, -0.2) is 57.4 Å². The fourth-order valence-corrected chi connectivity index (χ4v) is 3.41. The minimum absolute atomic E-state index is 0.316. The van der Waals surface area contributed by atoms with Crippen molar-refractivity contribution in [2.24, 2.45) is 0 Å². The largest absolute Gasteiger partial charge is 0.394 e. The van der Waals surface area contributed by atoms with Gasteiger partial charge in [0.05, 0.1) is 18.8 Å². The average molecular weight is 326 g/mol. The molecule has 0 saturated carbocycles. The van der Waals surface area contributed by atoms with Crippen LogP contribution in [0.25, 0.3) is 0 Å². The van der Waals surface area contributed by atoms with Crippen molar-refractivity contribution < 1.29 is 19.7 Å². The van der Waals surface area contributed by atoms with Gasteiger partial charge < -0.3 is 19.7 Å². The SMILES string of the molecule is Cc1cn([C@@H]2C3CCCCOC2[C@@H](O)[C@@H](CO)O3)c(=O)[nH]c1=O. The summed E-state index contributed by atoms with van der Waals surface area (Å²) in [6.07, 6.45) is 1.05. The van der Waals surface area contributed by atoms with Crippen molar-refractivity contribution in [3.05, 3.63) is 32.6 Å². The van der Waals surface area contributed by atoms with Gasteiger partial charge in [0, 0.05) is 18.4 Å². The standard InChI is InChI=1S/C15H22N2O6/c1-8-6-17(15(21)16-14(8)20)11-9-4-2-3-5-22-13(11)12(19)10(7-18)23-9/h6,9-13,18-19H,2-5,7H2,1H3,(H,16,20,21)/t9?,10-,11-,12+,13?/m1/s1. The first kappa shape index (κ1) is 16.4. The number of hydrogen-bond donors (Lipinski definition) is 3. The number of aliphatic hydroxyl groups is 2. The first-order valence-electron chi connectivity index (χ1n) is 7.91. The van der Waals surface area contributed by atoms with E-state index in [1.165, 1.54) is 10.8 Å². The monoisotopic (exact) mass is 326 g/mol. The number of H-pyrrole nitrogens is 1. The maximum absolute atomic E-state index is 12.2. The zero-order valence-corrected chi connectivity index (χ0v) is 13.0. The van der Waals surface area contributed by atoms with Crippen LogP contribution in [0.2, 0.25) is 0 Å². The molecule has 5 atom stereocenters. The second-order valence-electron chi connectivity index (χ2n) is 6.19. The van der Waals surface area contributed by atoms with Gasteiger partial charge in [-0.05, 0) is 26.2 Å². The van der Waals surface area contributed by atoms with E-state index in [2.05, 4.69) is 4.98 Å². The number of fused-ring (bicyclic) bond motifs is 2. The topological polar surface area (TPSA) is 114 Å². The normalized spacial score (nSPS) is 34.7. The van der Waals surface area contributed by atoms with E-state index in [0.717, 1.165) is 12.8 Å². The van der Waals surface area contributed by atoms with Gasteiger partial charge in [-0.25, -0.2) is 4.79 Å². The molecule has 0 amide bonds. The molecule has 2 fully saturated rings. The molecule has 0 radical (unpaired) electrons. The maximum Gasteiger partial charge on any atom is 0.328 e. The zero-order chi connectivity index (χ0) is 16.6. The van der Waals surface area contributed by atoms with E-state index in [-0.39, 0.29) is 12.7 Å². The molecule has 2 unspecified atom stereocenters. The Balaban J connectivity index is 2.06. The van der Waals surface area contributed by atoms with Gasteiger partial charge in [0.25, 0.3) is 5.56 Å². The minimum Gasteiger partial charge on any atom is -0.394 e. The molecule has 1 aromatic rings. The van der Waals surface area contributed by atoms with Crippen molar-refractivity contribution in [2.45, 2.75) is 56.6 Å². The van der Waals surface area contributed by atoms with Crippen LogP contribution in [0.4, 0.5) is 0 Å². The molecule has 3 rings (SSSR count). The minimum atomic E-state index is -1.04. The third-order valence-electron chi connectivity index (χ3n) is 4.62. The quantitative estimate of drug-likeness (QED) is 0.647. The Labute approximate surface area is 132 Å². The lowest BCUT2D eigenvalue weighted by Crippen LogP contribution is -2.59.